The van der Waals surface area contributed by atoms with Gasteiger partial charge in [-0.05, 0) is 45.4 Å². The summed E-state index contributed by atoms with van der Waals surface area (Å²) in [6.07, 6.45) is 0. The molecule has 90 valence electrons. The second-order valence-electron chi connectivity index (χ2n) is 5.11. The highest BCUT2D eigenvalue weighted by Gasteiger charge is 2.11. The van der Waals surface area contributed by atoms with Gasteiger partial charge >= 0.3 is 0 Å². The van der Waals surface area contributed by atoms with Crippen molar-refractivity contribution < 1.29 is 4.74 Å². The fourth-order valence-corrected chi connectivity index (χ4v) is 1.58. The average Bonchev–Trinajstić information content (AvgIpc) is 2.63. The highest BCUT2D eigenvalue weighted by Crippen LogP contribution is 2.23. The third-order valence-corrected chi connectivity index (χ3v) is 2.24. The van der Waals surface area contributed by atoms with Crippen molar-refractivity contribution in [1.82, 2.24) is 10.2 Å². The Morgan fingerprint density at radius 3 is 2.24 bits per heavy atom. The normalized spacial score (nSPS) is 11.5. The smallest absolute Gasteiger partial charge is 0.120 e. The number of hydrogen-bond acceptors (Lipinski definition) is 2. The van der Waals surface area contributed by atoms with Gasteiger partial charge in [0.2, 0.25) is 0 Å². The molecule has 0 radical (unpaired) electrons. The topological polar surface area (TPSA) is 36.2 Å². The van der Waals surface area contributed by atoms with E-state index in [0.29, 0.717) is 0 Å². The summed E-state index contributed by atoms with van der Waals surface area (Å²) in [4.78, 5) is 0. The molecule has 1 aromatic carbocycles. The monoisotopic (exact) mass is 229 g/mol. The zero-order valence-corrected chi connectivity index (χ0v) is 10.7. The van der Waals surface area contributed by atoms with Crippen LogP contribution < -0.4 is 9.84 Å². The lowest BCUT2D eigenvalue weighted by Gasteiger charge is -2.21. The third kappa shape index (κ3) is 3.09. The molecule has 0 aliphatic rings. The molecule has 0 aliphatic carbocycles. The van der Waals surface area contributed by atoms with Gasteiger partial charge in [0.25, 0.3) is 0 Å². The van der Waals surface area contributed by atoms with Crippen LogP contribution in [0.1, 0.15) is 26.5 Å². The van der Waals surface area contributed by atoms with Crippen LogP contribution >= 0.6 is 0 Å². The molecule has 0 fully saturated rings. The van der Waals surface area contributed by atoms with Gasteiger partial charge in [-0.25, -0.2) is 0 Å². The predicted octanol–water partition coefficient (Wildman–Crippen LogP) is 3.19. The van der Waals surface area contributed by atoms with Crippen molar-refractivity contribution in [3.8, 4) is 17.0 Å². The molecular weight excluding hydrogens is 212 g/mol. The maximum atomic E-state index is 5.76. The van der Waals surface area contributed by atoms with E-state index in [2.05, 4.69) is 10.2 Å². The van der Waals surface area contributed by atoms with Crippen LogP contribution in [-0.4, -0.2) is 10.7 Å². The number of hydrogen-bond donors (Lipinski definition) is 0. The standard InChI is InChI=1S/C14H17N2O/c1-10-9-13(16-15-10)11-5-7-12(8-6-11)17-14(2,3)4/h5-9H,1-4H3/q-1. The molecule has 0 saturated heterocycles. The molecule has 17 heavy (non-hydrogen) atoms. The Morgan fingerprint density at radius 2 is 1.76 bits per heavy atom. The number of aromatic nitrogens is 2. The lowest BCUT2D eigenvalue weighted by molar-refractivity contribution is 0.131. The maximum absolute atomic E-state index is 5.76. The Balaban J connectivity index is 2.19. The molecule has 0 bridgehead atoms. The lowest BCUT2D eigenvalue weighted by atomic mass is 10.1. The van der Waals surface area contributed by atoms with Gasteiger partial charge in [-0.3, -0.25) is 0 Å². The van der Waals surface area contributed by atoms with E-state index in [0.717, 1.165) is 22.7 Å². The maximum Gasteiger partial charge on any atom is 0.120 e. The van der Waals surface area contributed by atoms with Crippen LogP contribution in [0, 0.1) is 6.92 Å². The Kier molecular flexibility index (Phi) is 2.92. The van der Waals surface area contributed by atoms with E-state index in [9.17, 15) is 0 Å². The summed E-state index contributed by atoms with van der Waals surface area (Å²) < 4.78 is 5.76. The first-order chi connectivity index (χ1) is 7.94. The summed E-state index contributed by atoms with van der Waals surface area (Å²) >= 11 is 0. The number of rotatable bonds is 2. The van der Waals surface area contributed by atoms with Crippen molar-refractivity contribution in [3.63, 3.8) is 0 Å². The van der Waals surface area contributed by atoms with Crippen molar-refractivity contribution >= 4 is 0 Å². The highest BCUT2D eigenvalue weighted by molar-refractivity contribution is 5.60. The fraction of sp³-hybridized carbons (Fsp3) is 0.357. The van der Waals surface area contributed by atoms with Gasteiger partial charge in [-0.1, -0.05) is 18.2 Å². The molecule has 1 heterocycles. The van der Waals surface area contributed by atoms with Crippen molar-refractivity contribution in [1.29, 1.82) is 0 Å². The molecule has 1 aromatic heterocycles. The Bertz CT molecular complexity index is 492. The second-order valence-corrected chi connectivity index (χ2v) is 5.11. The van der Waals surface area contributed by atoms with Crippen LogP contribution in [-0.2, 0) is 0 Å². The molecule has 3 heteroatoms. The van der Waals surface area contributed by atoms with Crippen LogP contribution in [0.15, 0.2) is 30.3 Å². The Morgan fingerprint density at radius 1 is 1.12 bits per heavy atom. The van der Waals surface area contributed by atoms with E-state index in [1.165, 1.54) is 0 Å². The molecule has 2 rings (SSSR count). The van der Waals surface area contributed by atoms with Crippen LogP contribution in [0.3, 0.4) is 0 Å². The molecular formula is C14H17N2O-. The zero-order chi connectivity index (χ0) is 12.5. The molecule has 2 aromatic rings. The van der Waals surface area contributed by atoms with Crippen LogP contribution in [0.2, 0.25) is 0 Å². The van der Waals surface area contributed by atoms with E-state index >= 15 is 0 Å². The first kappa shape index (κ1) is 11.7. The molecule has 0 aliphatic heterocycles. The van der Waals surface area contributed by atoms with Gasteiger partial charge < -0.3 is 14.9 Å². The summed E-state index contributed by atoms with van der Waals surface area (Å²) in [7, 11) is 0. The molecule has 0 amide bonds. The minimum absolute atomic E-state index is 0.168. The largest absolute Gasteiger partial charge is 0.575 e. The number of benzene rings is 1. The second kappa shape index (κ2) is 4.24. The summed E-state index contributed by atoms with van der Waals surface area (Å²) in [6.45, 7) is 8.04. The summed E-state index contributed by atoms with van der Waals surface area (Å²) in [5.41, 5.74) is 2.74. The van der Waals surface area contributed by atoms with Crippen LogP contribution in [0.25, 0.3) is 11.3 Å². The van der Waals surface area contributed by atoms with Gasteiger partial charge in [0.1, 0.15) is 11.4 Å². The van der Waals surface area contributed by atoms with E-state index < -0.39 is 0 Å². The van der Waals surface area contributed by atoms with Crippen LogP contribution in [0.5, 0.6) is 5.75 Å². The van der Waals surface area contributed by atoms with E-state index in [-0.39, 0.29) is 5.60 Å². The molecule has 0 unspecified atom stereocenters. The number of ether oxygens (including phenoxy) is 1. The van der Waals surface area contributed by atoms with Gasteiger partial charge in [0.05, 0.1) is 0 Å². The van der Waals surface area contributed by atoms with E-state index in [4.69, 9.17) is 4.74 Å². The number of nitrogens with zero attached hydrogens (tertiary/aromatic N) is 2. The SMILES string of the molecule is Cc1cc(-c2ccc(OC(C)(C)C)cc2)[n-]n1. The quantitative estimate of drug-likeness (QED) is 0.793. The van der Waals surface area contributed by atoms with E-state index in [1.54, 1.807) is 0 Å². The van der Waals surface area contributed by atoms with Crippen LogP contribution in [0.4, 0.5) is 0 Å². The van der Waals surface area contributed by atoms with Crippen molar-refractivity contribution in [2.75, 3.05) is 0 Å². The first-order valence-electron chi connectivity index (χ1n) is 5.70. The fourth-order valence-electron chi connectivity index (χ4n) is 1.58. The van der Waals surface area contributed by atoms with Gasteiger partial charge in [0.15, 0.2) is 0 Å². The van der Waals surface area contributed by atoms with Gasteiger partial charge in [-0.15, -0.1) is 5.69 Å². The Labute approximate surface area is 102 Å². The summed E-state index contributed by atoms with van der Waals surface area (Å²) in [6, 6.07) is 9.91. The molecule has 0 saturated carbocycles. The van der Waals surface area contributed by atoms with Crippen molar-refractivity contribution in [3.05, 3.63) is 36.0 Å². The average molecular weight is 229 g/mol. The lowest BCUT2D eigenvalue weighted by Crippen LogP contribution is -2.22. The Hall–Kier alpha value is -1.77. The third-order valence-electron chi connectivity index (χ3n) is 2.24. The minimum Gasteiger partial charge on any atom is -0.575 e. The highest BCUT2D eigenvalue weighted by atomic mass is 16.5. The molecule has 0 N–H and O–H groups in total. The van der Waals surface area contributed by atoms with Crippen molar-refractivity contribution in [2.24, 2.45) is 0 Å². The molecule has 3 nitrogen and oxygen atoms in total. The van der Waals surface area contributed by atoms with Gasteiger partial charge in [-0.2, -0.15) is 0 Å². The zero-order valence-electron chi connectivity index (χ0n) is 10.7. The van der Waals surface area contributed by atoms with Gasteiger partial charge in [0, 0.05) is 5.69 Å². The minimum atomic E-state index is -0.168. The molecule has 0 atom stereocenters. The number of aryl methyl sites for hydroxylation is 1. The van der Waals surface area contributed by atoms with E-state index in [1.807, 2.05) is 58.0 Å². The first-order valence-corrected chi connectivity index (χ1v) is 5.70. The summed E-state index contributed by atoms with van der Waals surface area (Å²) in [5, 5.41) is 8.09. The van der Waals surface area contributed by atoms with Crippen molar-refractivity contribution in [2.45, 2.75) is 33.3 Å². The molecule has 0 spiro atoms. The summed E-state index contributed by atoms with van der Waals surface area (Å²) in [5.74, 6) is 0.873. The predicted molar refractivity (Wildman–Crippen MR) is 68.1 cm³/mol.